The summed E-state index contributed by atoms with van der Waals surface area (Å²) in [5, 5.41) is 2.68. The van der Waals surface area contributed by atoms with Crippen LogP contribution in [0.15, 0.2) is 73.8 Å². The van der Waals surface area contributed by atoms with Crippen molar-refractivity contribution in [2.75, 3.05) is 13.2 Å². The maximum Gasteiger partial charge on any atom is 0.410 e. The Hall–Kier alpha value is -5.53. The fourth-order valence-corrected chi connectivity index (χ4v) is 7.54. The Balaban J connectivity index is 1.51. The molecule has 57 heavy (non-hydrogen) atoms. The third kappa shape index (κ3) is 9.72. The monoisotopic (exact) mass is 788 g/mol. The molecule has 1 saturated heterocycles. The molecule has 1 unspecified atom stereocenters. The molecule has 1 aliphatic carbocycles. The summed E-state index contributed by atoms with van der Waals surface area (Å²) in [5.41, 5.74) is -1.50. The average molecular weight is 789 g/mol. The molecular weight excluding hydrogens is 735 g/mol. The Morgan fingerprint density at radius 3 is 2.39 bits per heavy atom. The van der Waals surface area contributed by atoms with E-state index in [9.17, 15) is 28.4 Å². The van der Waals surface area contributed by atoms with Gasteiger partial charge in [-0.05, 0) is 77.1 Å². The number of halogens is 1. The van der Waals surface area contributed by atoms with E-state index in [1.54, 1.807) is 64.1 Å². The fourth-order valence-electron chi connectivity index (χ4n) is 7.54. The van der Waals surface area contributed by atoms with Gasteiger partial charge in [-0.1, -0.05) is 55.3 Å². The van der Waals surface area contributed by atoms with Crippen LogP contribution < -0.4 is 5.32 Å². The molecule has 1 saturated carbocycles. The highest BCUT2D eigenvalue weighted by atomic mass is 19.1. The number of esters is 1. The Morgan fingerprint density at radius 2 is 1.75 bits per heavy atom. The van der Waals surface area contributed by atoms with Gasteiger partial charge in [0.2, 0.25) is 5.91 Å². The molecule has 5 rings (SSSR count). The lowest BCUT2D eigenvalue weighted by molar-refractivity contribution is -0.157. The van der Waals surface area contributed by atoms with E-state index in [2.05, 4.69) is 18.5 Å². The molecule has 306 valence electrons. The van der Waals surface area contributed by atoms with Crippen molar-refractivity contribution in [3.8, 4) is 0 Å². The van der Waals surface area contributed by atoms with Crippen LogP contribution in [-0.4, -0.2) is 93.1 Å². The van der Waals surface area contributed by atoms with Gasteiger partial charge in [0.1, 0.15) is 29.6 Å². The van der Waals surface area contributed by atoms with Crippen molar-refractivity contribution in [3.05, 3.63) is 96.3 Å². The zero-order chi connectivity index (χ0) is 41.5. The minimum atomic E-state index is -1.74. The van der Waals surface area contributed by atoms with Crippen molar-refractivity contribution in [1.29, 1.82) is 0 Å². The number of rotatable bonds is 15. The normalized spacial score (nSPS) is 21.5. The van der Waals surface area contributed by atoms with Gasteiger partial charge in [0.05, 0.1) is 19.7 Å². The molecule has 2 aromatic carbocycles. The molecule has 5 atom stereocenters. The first-order valence-corrected chi connectivity index (χ1v) is 19.5. The van der Waals surface area contributed by atoms with Crippen molar-refractivity contribution in [1.82, 2.24) is 20.0 Å². The summed E-state index contributed by atoms with van der Waals surface area (Å²) in [6, 6.07) is 9.98. The van der Waals surface area contributed by atoms with Crippen LogP contribution in [0.25, 0.3) is 0 Å². The molecule has 0 aromatic heterocycles. The van der Waals surface area contributed by atoms with Gasteiger partial charge in [0.25, 0.3) is 11.8 Å². The molecule has 3 aliphatic rings. The first-order valence-electron chi connectivity index (χ1n) is 19.5. The first-order chi connectivity index (χ1) is 27.1. The van der Waals surface area contributed by atoms with Crippen LogP contribution in [0.4, 0.5) is 14.0 Å². The summed E-state index contributed by atoms with van der Waals surface area (Å²) in [5.74, 6) is -4.21. The summed E-state index contributed by atoms with van der Waals surface area (Å²) in [6.45, 7) is 14.0. The number of allylic oxidation sites excluding steroid dienone is 1. The number of likely N-dealkylation sites (tertiary alicyclic amines) is 1. The summed E-state index contributed by atoms with van der Waals surface area (Å²) in [4.78, 5) is 88.2. The van der Waals surface area contributed by atoms with E-state index in [0.717, 1.165) is 24.2 Å². The maximum atomic E-state index is 15.1. The summed E-state index contributed by atoms with van der Waals surface area (Å²) < 4.78 is 31.4. The number of carbonyl (C=O) groups is 6. The van der Waals surface area contributed by atoms with Gasteiger partial charge in [-0.2, -0.15) is 0 Å². The number of hydrogen-bond acceptors (Lipinski definition) is 9. The number of unbranched alkanes of at least 4 members (excludes halogenated alkanes) is 3. The van der Waals surface area contributed by atoms with E-state index < -0.39 is 76.9 Å². The second-order valence-corrected chi connectivity index (χ2v) is 15.6. The van der Waals surface area contributed by atoms with Gasteiger partial charge >= 0.3 is 18.2 Å². The molecular formula is C43H53FN4O9. The standard InChI is InChI=1S/C43H53FN4O9/c1-7-10-11-12-16-22-34(45-40(53)57-42(4,5)6)37(50)47-26-31(56-41(54)46-25-29-20-17-21-33(44)32(29)27-46)23-35(47)38(51)48(36(49)28-18-14-13-15-19-28)43(24-30(43)8-2)39(52)55-9-3/h7-8,13-15,17-21,30-31,34-35H,1-2,9-12,16,22-27H2,3-6H3,(H,45,53)/t30-,31?,34+,35+,43-/m1/s1. The van der Waals surface area contributed by atoms with Gasteiger partial charge in [-0.3, -0.25) is 24.2 Å². The third-order valence-corrected chi connectivity index (χ3v) is 10.4. The molecule has 2 aromatic rings. The lowest BCUT2D eigenvalue weighted by Crippen LogP contribution is -2.59. The van der Waals surface area contributed by atoms with Gasteiger partial charge in [-0.15, -0.1) is 13.2 Å². The predicted octanol–water partition coefficient (Wildman–Crippen LogP) is 6.45. The zero-order valence-electron chi connectivity index (χ0n) is 33.2. The van der Waals surface area contributed by atoms with E-state index in [-0.39, 0.29) is 51.1 Å². The van der Waals surface area contributed by atoms with Crippen molar-refractivity contribution < 1.29 is 47.4 Å². The van der Waals surface area contributed by atoms with Crippen LogP contribution in [0.3, 0.4) is 0 Å². The maximum absolute atomic E-state index is 15.1. The largest absolute Gasteiger partial charge is 0.464 e. The van der Waals surface area contributed by atoms with Gasteiger partial charge in [-0.25, -0.2) is 18.8 Å². The molecule has 5 amide bonds. The van der Waals surface area contributed by atoms with E-state index in [1.165, 1.54) is 34.1 Å². The van der Waals surface area contributed by atoms with Crippen LogP contribution >= 0.6 is 0 Å². The van der Waals surface area contributed by atoms with Crippen LogP contribution in [0.5, 0.6) is 0 Å². The number of alkyl carbamates (subject to hydrolysis) is 1. The third-order valence-electron chi connectivity index (χ3n) is 10.4. The number of nitrogens with one attached hydrogen (secondary N) is 1. The smallest absolute Gasteiger partial charge is 0.410 e. The lowest BCUT2D eigenvalue weighted by Gasteiger charge is -2.35. The molecule has 0 radical (unpaired) electrons. The van der Waals surface area contributed by atoms with Crippen LogP contribution in [0.2, 0.25) is 0 Å². The van der Waals surface area contributed by atoms with Crippen molar-refractivity contribution in [2.24, 2.45) is 5.92 Å². The van der Waals surface area contributed by atoms with Gasteiger partial charge < -0.3 is 24.4 Å². The average Bonchev–Trinajstić information content (AvgIpc) is 3.48. The quantitative estimate of drug-likeness (QED) is 0.0706. The number of hydrogen-bond donors (Lipinski definition) is 1. The second-order valence-electron chi connectivity index (χ2n) is 15.6. The van der Waals surface area contributed by atoms with Crippen LogP contribution in [0, 0.1) is 11.7 Å². The number of imide groups is 1. The second kappa shape index (κ2) is 18.2. The molecule has 13 nitrogen and oxygen atoms in total. The number of ether oxygens (including phenoxy) is 3. The highest BCUT2D eigenvalue weighted by Gasteiger charge is 2.68. The van der Waals surface area contributed by atoms with Crippen LogP contribution in [-0.2, 0) is 41.7 Å². The Morgan fingerprint density at radius 1 is 1.02 bits per heavy atom. The zero-order valence-corrected chi connectivity index (χ0v) is 33.2. The number of fused-ring (bicyclic) bond motifs is 1. The van der Waals surface area contributed by atoms with E-state index in [4.69, 9.17) is 14.2 Å². The van der Waals surface area contributed by atoms with Crippen LogP contribution in [0.1, 0.15) is 94.1 Å². The highest BCUT2D eigenvalue weighted by Crippen LogP contribution is 2.51. The SMILES string of the molecule is C=CCCCCC[C@H](NC(=O)OC(C)(C)C)C(=O)N1CC(OC(=O)N2Cc3cccc(F)c3C2)C[C@H]1C(=O)N(C(=O)c1ccccc1)[C@]1(C(=O)OCC)C[C@H]1C=C. The van der Waals surface area contributed by atoms with Crippen molar-refractivity contribution >= 4 is 35.9 Å². The molecule has 2 fully saturated rings. The molecule has 0 bridgehead atoms. The minimum Gasteiger partial charge on any atom is -0.464 e. The predicted molar refractivity (Wildman–Crippen MR) is 208 cm³/mol. The summed E-state index contributed by atoms with van der Waals surface area (Å²) in [6.07, 6.45) is 3.43. The number of nitrogens with zero attached hydrogens (tertiary/aromatic N) is 3. The molecule has 0 spiro atoms. The Labute approximate surface area is 333 Å². The summed E-state index contributed by atoms with van der Waals surface area (Å²) in [7, 11) is 0. The Kier molecular flexibility index (Phi) is 13.6. The van der Waals surface area contributed by atoms with E-state index >= 15 is 4.79 Å². The van der Waals surface area contributed by atoms with Gasteiger partial charge in [0, 0.05) is 30.0 Å². The first kappa shape index (κ1) is 42.6. The Bertz CT molecular complexity index is 1860. The molecule has 1 N–H and O–H groups in total. The molecule has 2 aliphatic heterocycles. The van der Waals surface area contributed by atoms with Crippen molar-refractivity contribution in [3.63, 3.8) is 0 Å². The summed E-state index contributed by atoms with van der Waals surface area (Å²) >= 11 is 0. The number of benzene rings is 2. The highest BCUT2D eigenvalue weighted by molar-refractivity contribution is 6.11. The number of carbonyl (C=O) groups excluding carboxylic acids is 6. The minimum absolute atomic E-state index is 0.0207. The van der Waals surface area contributed by atoms with Gasteiger partial charge in [0.15, 0.2) is 5.54 Å². The number of amides is 5. The molecule has 2 heterocycles. The lowest BCUT2D eigenvalue weighted by atomic mass is 10.0. The topological polar surface area (TPSA) is 152 Å². The van der Waals surface area contributed by atoms with E-state index in [0.29, 0.717) is 17.5 Å². The van der Waals surface area contributed by atoms with Crippen molar-refractivity contribution in [2.45, 2.75) is 115 Å². The molecule has 14 heteroatoms. The fraction of sp³-hybridized carbons (Fsp3) is 0.488. The van der Waals surface area contributed by atoms with E-state index in [1.807, 2.05) is 0 Å².